The summed E-state index contributed by atoms with van der Waals surface area (Å²) in [5, 5.41) is 1.67. The minimum Gasteiger partial charge on any atom is -0.493 e. The number of hydrogen-bond acceptors (Lipinski definition) is 5. The largest absolute Gasteiger partial charge is 0.493 e. The number of cyclic esters (lactones) is 1. The second-order valence-corrected chi connectivity index (χ2v) is 7.80. The minimum atomic E-state index is -4.58. The zero-order chi connectivity index (χ0) is 23.5. The van der Waals surface area contributed by atoms with E-state index in [0.717, 1.165) is 11.5 Å². The molecule has 8 heteroatoms. The Hall–Kier alpha value is -3.81. The molecule has 4 aromatic rings. The summed E-state index contributed by atoms with van der Waals surface area (Å²) in [5.74, 6) is 0.408. The summed E-state index contributed by atoms with van der Waals surface area (Å²) >= 11 is 0. The van der Waals surface area contributed by atoms with Gasteiger partial charge in [0.05, 0.1) is 30.9 Å². The molecule has 1 aliphatic heterocycles. The molecule has 0 atom stereocenters. The Morgan fingerprint density at radius 1 is 0.970 bits per heavy atom. The van der Waals surface area contributed by atoms with Gasteiger partial charge in [0, 0.05) is 22.2 Å². The smallest absolute Gasteiger partial charge is 0.418 e. The van der Waals surface area contributed by atoms with Crippen LogP contribution in [0.1, 0.15) is 27.2 Å². The molecule has 1 aromatic heterocycles. The maximum absolute atomic E-state index is 13.8. The molecular weight excluding hydrogens is 435 g/mol. The molecule has 1 aliphatic rings. The summed E-state index contributed by atoms with van der Waals surface area (Å²) in [4.78, 5) is 17.0. The minimum absolute atomic E-state index is 0.0846. The molecule has 0 saturated heterocycles. The molecule has 0 aliphatic carbocycles. The molecule has 0 unspecified atom stereocenters. The standard InChI is InChI=1S/C25H18F3NO4/c1-12-7-17(15-5-4-6-18(23(15)29-12)25(26,27)28)22-16-10-20(32-3)19(31-2)9-13(16)8-14-11-33-24(30)21(14)22/h4-10H,11H2,1-3H3. The van der Waals surface area contributed by atoms with E-state index >= 15 is 0 Å². The van der Waals surface area contributed by atoms with Gasteiger partial charge in [-0.1, -0.05) is 12.1 Å². The second-order valence-electron chi connectivity index (χ2n) is 7.80. The first-order valence-corrected chi connectivity index (χ1v) is 10.1. The maximum Gasteiger partial charge on any atom is 0.418 e. The van der Waals surface area contributed by atoms with Crippen molar-refractivity contribution in [2.24, 2.45) is 0 Å². The fraction of sp³-hybridized carbons (Fsp3) is 0.200. The van der Waals surface area contributed by atoms with Crippen LogP contribution in [0.4, 0.5) is 13.2 Å². The summed E-state index contributed by atoms with van der Waals surface area (Å²) in [5.41, 5.74) is 1.34. The third kappa shape index (κ3) is 3.25. The van der Waals surface area contributed by atoms with Gasteiger partial charge in [-0.2, -0.15) is 13.2 Å². The van der Waals surface area contributed by atoms with E-state index in [1.54, 1.807) is 31.2 Å². The van der Waals surface area contributed by atoms with Gasteiger partial charge >= 0.3 is 12.1 Å². The molecule has 0 spiro atoms. The monoisotopic (exact) mass is 453 g/mol. The number of ether oxygens (including phenoxy) is 3. The van der Waals surface area contributed by atoms with Gasteiger partial charge in [-0.05, 0) is 53.6 Å². The quantitative estimate of drug-likeness (QED) is 0.353. The van der Waals surface area contributed by atoms with Gasteiger partial charge in [0.15, 0.2) is 11.5 Å². The fourth-order valence-electron chi connectivity index (χ4n) is 4.44. The van der Waals surface area contributed by atoms with Crippen LogP contribution in [0.2, 0.25) is 0 Å². The Bertz CT molecular complexity index is 1460. The summed E-state index contributed by atoms with van der Waals surface area (Å²) < 4.78 is 57.4. The van der Waals surface area contributed by atoms with E-state index < -0.39 is 17.7 Å². The highest BCUT2D eigenvalue weighted by atomic mass is 19.4. The maximum atomic E-state index is 13.8. The van der Waals surface area contributed by atoms with E-state index in [4.69, 9.17) is 14.2 Å². The molecule has 5 nitrogen and oxygen atoms in total. The first-order valence-electron chi connectivity index (χ1n) is 10.1. The van der Waals surface area contributed by atoms with Gasteiger partial charge in [-0.15, -0.1) is 0 Å². The van der Waals surface area contributed by atoms with Crippen molar-refractivity contribution in [1.82, 2.24) is 4.98 Å². The van der Waals surface area contributed by atoms with Crippen LogP contribution in [-0.4, -0.2) is 25.2 Å². The first kappa shape index (κ1) is 21.1. The highest BCUT2D eigenvalue weighted by Crippen LogP contribution is 2.45. The van der Waals surface area contributed by atoms with Crippen molar-refractivity contribution in [2.75, 3.05) is 14.2 Å². The number of nitrogens with zero attached hydrogens (tertiary/aromatic N) is 1. The van der Waals surface area contributed by atoms with E-state index in [2.05, 4.69) is 4.98 Å². The molecule has 0 saturated carbocycles. The third-order valence-electron chi connectivity index (χ3n) is 5.83. The number of alkyl halides is 3. The normalized spacial score (nSPS) is 13.3. The van der Waals surface area contributed by atoms with Gasteiger partial charge < -0.3 is 14.2 Å². The van der Waals surface area contributed by atoms with Crippen molar-refractivity contribution in [1.29, 1.82) is 0 Å². The highest BCUT2D eigenvalue weighted by Gasteiger charge is 2.35. The number of fused-ring (bicyclic) bond motifs is 3. The van der Waals surface area contributed by atoms with Crippen LogP contribution in [0.25, 0.3) is 32.8 Å². The SMILES string of the molecule is COc1cc2cc3c(c(-c4cc(C)nc5c(C(F)(F)F)cccc45)c2cc1OC)C(=O)OC3. The molecule has 33 heavy (non-hydrogen) atoms. The molecule has 2 heterocycles. The lowest BCUT2D eigenvalue weighted by Gasteiger charge is -2.18. The number of carbonyl (C=O) groups is 1. The van der Waals surface area contributed by atoms with Crippen LogP contribution in [0.5, 0.6) is 11.5 Å². The van der Waals surface area contributed by atoms with Crippen molar-refractivity contribution in [3.05, 3.63) is 64.8 Å². The Balaban J connectivity index is 1.97. The van der Waals surface area contributed by atoms with Crippen LogP contribution >= 0.6 is 0 Å². The van der Waals surface area contributed by atoms with Crippen molar-refractivity contribution in [2.45, 2.75) is 19.7 Å². The number of esters is 1. The molecule has 168 valence electrons. The lowest BCUT2D eigenvalue weighted by molar-refractivity contribution is -0.136. The summed E-state index contributed by atoms with van der Waals surface area (Å²) in [6.07, 6.45) is -4.58. The van der Waals surface area contributed by atoms with E-state index in [1.165, 1.54) is 20.3 Å². The summed E-state index contributed by atoms with van der Waals surface area (Å²) in [6, 6.07) is 11.0. The number of aromatic nitrogens is 1. The lowest BCUT2D eigenvalue weighted by atomic mass is 9.88. The average molecular weight is 453 g/mol. The summed E-state index contributed by atoms with van der Waals surface area (Å²) in [7, 11) is 3.01. The van der Waals surface area contributed by atoms with Crippen molar-refractivity contribution in [3.8, 4) is 22.6 Å². The van der Waals surface area contributed by atoms with E-state index in [-0.39, 0.29) is 12.1 Å². The number of para-hydroxylation sites is 1. The van der Waals surface area contributed by atoms with Crippen LogP contribution in [0.15, 0.2) is 42.5 Å². The van der Waals surface area contributed by atoms with E-state index in [0.29, 0.717) is 50.2 Å². The topological polar surface area (TPSA) is 57.7 Å². The van der Waals surface area contributed by atoms with Gasteiger partial charge in [-0.25, -0.2) is 4.79 Å². The van der Waals surface area contributed by atoms with Crippen LogP contribution in [0, 0.1) is 6.92 Å². The van der Waals surface area contributed by atoms with Crippen LogP contribution < -0.4 is 9.47 Å². The molecule has 5 rings (SSSR count). The average Bonchev–Trinajstić information content (AvgIpc) is 3.15. The Morgan fingerprint density at radius 2 is 1.70 bits per heavy atom. The number of halogens is 3. The summed E-state index contributed by atoms with van der Waals surface area (Å²) in [6.45, 7) is 1.71. The van der Waals surface area contributed by atoms with Crippen molar-refractivity contribution >= 4 is 27.6 Å². The van der Waals surface area contributed by atoms with Crippen LogP contribution in [-0.2, 0) is 17.5 Å². The zero-order valence-electron chi connectivity index (χ0n) is 18.0. The zero-order valence-corrected chi connectivity index (χ0v) is 18.0. The van der Waals surface area contributed by atoms with Gasteiger partial charge in [-0.3, -0.25) is 4.98 Å². The second kappa shape index (κ2) is 7.37. The fourth-order valence-corrected chi connectivity index (χ4v) is 4.44. The number of methoxy groups -OCH3 is 2. The molecule has 3 aromatic carbocycles. The molecule has 0 N–H and O–H groups in total. The van der Waals surface area contributed by atoms with Gasteiger partial charge in [0.1, 0.15) is 6.61 Å². The van der Waals surface area contributed by atoms with E-state index in [1.807, 2.05) is 6.07 Å². The molecular formula is C25H18F3NO4. The number of rotatable bonds is 3. The number of carbonyl (C=O) groups excluding carboxylic acids is 1. The Labute approximate surface area is 186 Å². The number of benzene rings is 3. The Morgan fingerprint density at radius 3 is 2.39 bits per heavy atom. The van der Waals surface area contributed by atoms with Crippen molar-refractivity contribution in [3.63, 3.8) is 0 Å². The number of aryl methyl sites for hydroxylation is 1. The molecule has 0 radical (unpaired) electrons. The van der Waals surface area contributed by atoms with Crippen LogP contribution in [0.3, 0.4) is 0 Å². The first-order chi connectivity index (χ1) is 15.7. The van der Waals surface area contributed by atoms with Gasteiger partial charge in [0.2, 0.25) is 0 Å². The molecule has 0 amide bonds. The number of pyridine rings is 1. The lowest BCUT2D eigenvalue weighted by Crippen LogP contribution is -2.07. The van der Waals surface area contributed by atoms with Crippen molar-refractivity contribution < 1.29 is 32.2 Å². The Kier molecular flexibility index (Phi) is 4.70. The highest BCUT2D eigenvalue weighted by molar-refractivity contribution is 6.15. The molecule has 0 bridgehead atoms. The number of hydrogen-bond donors (Lipinski definition) is 0. The molecule has 0 fully saturated rings. The predicted octanol–water partition coefficient (Wildman–Crippen LogP) is 6.07. The third-order valence-corrected chi connectivity index (χ3v) is 5.83. The van der Waals surface area contributed by atoms with E-state index in [9.17, 15) is 18.0 Å². The van der Waals surface area contributed by atoms with Gasteiger partial charge in [0.25, 0.3) is 0 Å². The predicted molar refractivity (Wildman–Crippen MR) is 117 cm³/mol.